The van der Waals surface area contributed by atoms with Gasteiger partial charge in [-0.25, -0.2) is 9.59 Å². The standard InChI is InChI=1S/C31H38N4O7/c1-42-30(40)27(37)24(19-21-9-4-2-5-10-21)32-28(38)26-13-8-16-35(26)29(39)25(20-22-11-6-3-7-12-22)33-31(41)34-17-14-23(36)15-18-34/h2-7,9-12,24-27,37H,8,13-20H2,1H3,(H,32,38)(H,33,41)/t24?,25-,26-,27?/m0/s1. The minimum absolute atomic E-state index is 0.102. The monoisotopic (exact) mass is 578 g/mol. The predicted molar refractivity (Wildman–Crippen MR) is 153 cm³/mol. The molecule has 0 bridgehead atoms. The highest BCUT2D eigenvalue weighted by atomic mass is 16.5. The number of aliphatic hydroxyl groups excluding tert-OH is 1. The number of Topliss-reactive ketones (excluding diaryl/α,β-unsaturated/α-hetero) is 1. The van der Waals surface area contributed by atoms with Gasteiger partial charge >= 0.3 is 12.0 Å². The molecule has 2 unspecified atom stereocenters. The molecule has 224 valence electrons. The Bertz CT molecular complexity index is 1250. The number of carbonyl (C=O) groups excluding carboxylic acids is 5. The Labute approximate surface area is 245 Å². The van der Waals surface area contributed by atoms with Crippen LogP contribution in [0, 0.1) is 0 Å². The van der Waals surface area contributed by atoms with Gasteiger partial charge in [0.15, 0.2) is 6.10 Å². The fraction of sp³-hybridized carbons (Fsp3) is 0.452. The molecule has 2 aliphatic rings. The molecule has 0 spiro atoms. The summed E-state index contributed by atoms with van der Waals surface area (Å²) in [5, 5.41) is 16.3. The summed E-state index contributed by atoms with van der Waals surface area (Å²) in [4.78, 5) is 67.4. The molecule has 11 nitrogen and oxygen atoms in total. The number of methoxy groups -OCH3 is 1. The average Bonchev–Trinajstić information content (AvgIpc) is 3.51. The van der Waals surface area contributed by atoms with Crippen molar-refractivity contribution in [3.8, 4) is 0 Å². The van der Waals surface area contributed by atoms with Gasteiger partial charge in [0.05, 0.1) is 13.2 Å². The molecule has 4 amide bonds. The third-order valence-electron chi connectivity index (χ3n) is 7.78. The zero-order valence-electron chi connectivity index (χ0n) is 23.7. The maximum absolute atomic E-state index is 13.9. The van der Waals surface area contributed by atoms with Crippen molar-refractivity contribution < 1.29 is 33.8 Å². The highest BCUT2D eigenvalue weighted by molar-refractivity contribution is 5.93. The lowest BCUT2D eigenvalue weighted by atomic mass is 10.00. The zero-order chi connectivity index (χ0) is 30.1. The lowest BCUT2D eigenvalue weighted by Gasteiger charge is -2.32. The molecule has 42 heavy (non-hydrogen) atoms. The molecule has 2 aromatic rings. The number of ether oxygens (including phenoxy) is 1. The predicted octanol–water partition coefficient (Wildman–Crippen LogP) is 1.22. The highest BCUT2D eigenvalue weighted by Gasteiger charge is 2.40. The summed E-state index contributed by atoms with van der Waals surface area (Å²) in [5.74, 6) is -1.67. The number of esters is 1. The van der Waals surface area contributed by atoms with Crippen molar-refractivity contribution in [2.45, 2.75) is 62.8 Å². The molecule has 4 rings (SSSR count). The van der Waals surface area contributed by atoms with Crippen molar-refractivity contribution in [2.24, 2.45) is 0 Å². The van der Waals surface area contributed by atoms with Gasteiger partial charge in [-0.05, 0) is 30.4 Å². The molecular formula is C31H38N4O7. The van der Waals surface area contributed by atoms with Gasteiger partial charge in [-0.2, -0.15) is 0 Å². The number of piperidine rings is 1. The second-order valence-electron chi connectivity index (χ2n) is 10.7. The van der Waals surface area contributed by atoms with Crippen LogP contribution in [0.25, 0.3) is 0 Å². The van der Waals surface area contributed by atoms with E-state index in [1.54, 1.807) is 0 Å². The number of amides is 4. The van der Waals surface area contributed by atoms with Crippen LogP contribution in [-0.2, 0) is 36.8 Å². The summed E-state index contributed by atoms with van der Waals surface area (Å²) in [5.41, 5.74) is 1.64. The number of likely N-dealkylation sites (tertiary alicyclic amines) is 2. The van der Waals surface area contributed by atoms with Crippen molar-refractivity contribution in [3.63, 3.8) is 0 Å². The van der Waals surface area contributed by atoms with Crippen LogP contribution in [0.3, 0.4) is 0 Å². The molecule has 2 heterocycles. The molecule has 0 radical (unpaired) electrons. The van der Waals surface area contributed by atoms with Gasteiger partial charge in [0.2, 0.25) is 11.8 Å². The molecule has 2 aliphatic heterocycles. The lowest BCUT2D eigenvalue weighted by Crippen LogP contribution is -2.58. The number of carbonyl (C=O) groups is 5. The lowest BCUT2D eigenvalue weighted by molar-refractivity contribution is -0.152. The first kappa shape index (κ1) is 30.7. The van der Waals surface area contributed by atoms with Gasteiger partial charge in [0.25, 0.3) is 0 Å². The number of ketones is 1. The molecule has 2 fully saturated rings. The normalized spacial score (nSPS) is 19.0. The van der Waals surface area contributed by atoms with Crippen LogP contribution in [0.4, 0.5) is 4.79 Å². The number of aliphatic hydroxyl groups is 1. The fourth-order valence-electron chi connectivity index (χ4n) is 5.43. The second kappa shape index (κ2) is 14.6. The van der Waals surface area contributed by atoms with E-state index in [1.807, 2.05) is 60.7 Å². The molecule has 11 heteroatoms. The molecule has 2 saturated heterocycles. The van der Waals surface area contributed by atoms with Gasteiger partial charge in [-0.15, -0.1) is 0 Å². The molecule has 0 saturated carbocycles. The number of nitrogens with zero attached hydrogens (tertiary/aromatic N) is 2. The van der Waals surface area contributed by atoms with Crippen molar-refractivity contribution >= 4 is 29.6 Å². The zero-order valence-corrected chi connectivity index (χ0v) is 23.7. The van der Waals surface area contributed by atoms with E-state index in [4.69, 9.17) is 4.74 Å². The Morgan fingerprint density at radius 1 is 0.905 bits per heavy atom. The summed E-state index contributed by atoms with van der Waals surface area (Å²) < 4.78 is 4.71. The van der Waals surface area contributed by atoms with Crippen LogP contribution in [0.15, 0.2) is 60.7 Å². The molecule has 2 aromatic carbocycles. The second-order valence-corrected chi connectivity index (χ2v) is 10.7. The largest absolute Gasteiger partial charge is 0.467 e. The summed E-state index contributed by atoms with van der Waals surface area (Å²) >= 11 is 0. The summed E-state index contributed by atoms with van der Waals surface area (Å²) in [6.07, 6.45) is 0.319. The minimum Gasteiger partial charge on any atom is -0.467 e. The van der Waals surface area contributed by atoms with Gasteiger partial charge in [0, 0.05) is 38.9 Å². The number of benzene rings is 2. The summed E-state index contributed by atoms with van der Waals surface area (Å²) in [6, 6.07) is 15.2. The van der Waals surface area contributed by atoms with Gasteiger partial charge < -0.3 is 30.3 Å². The topological polar surface area (TPSA) is 145 Å². The van der Waals surface area contributed by atoms with Crippen LogP contribution in [-0.4, -0.2) is 95.5 Å². The number of hydrogen-bond donors (Lipinski definition) is 3. The van der Waals surface area contributed by atoms with Crippen molar-refractivity contribution in [3.05, 3.63) is 71.8 Å². The Balaban J connectivity index is 1.50. The SMILES string of the molecule is COC(=O)C(O)C(Cc1ccccc1)NC(=O)[C@@H]1CCCN1C(=O)[C@H](Cc1ccccc1)NC(=O)N1CCC(=O)CC1. The highest BCUT2D eigenvalue weighted by Crippen LogP contribution is 2.21. The third kappa shape index (κ3) is 7.94. The quantitative estimate of drug-likeness (QED) is 0.360. The molecule has 3 N–H and O–H groups in total. The van der Waals surface area contributed by atoms with Gasteiger partial charge in [-0.1, -0.05) is 60.7 Å². The first-order valence-electron chi connectivity index (χ1n) is 14.3. The maximum Gasteiger partial charge on any atom is 0.336 e. The van der Waals surface area contributed by atoms with E-state index >= 15 is 0 Å². The Morgan fingerprint density at radius 2 is 1.50 bits per heavy atom. The number of urea groups is 1. The minimum atomic E-state index is -1.61. The van der Waals surface area contributed by atoms with Crippen LogP contribution >= 0.6 is 0 Å². The van der Waals surface area contributed by atoms with E-state index in [9.17, 15) is 29.1 Å². The van der Waals surface area contributed by atoms with E-state index in [0.29, 0.717) is 19.4 Å². The number of nitrogens with one attached hydrogen (secondary N) is 2. The van der Waals surface area contributed by atoms with E-state index in [0.717, 1.165) is 18.2 Å². The van der Waals surface area contributed by atoms with E-state index in [1.165, 1.54) is 9.80 Å². The first-order chi connectivity index (χ1) is 20.3. The summed E-state index contributed by atoms with van der Waals surface area (Å²) in [7, 11) is 1.16. The number of hydrogen-bond acceptors (Lipinski definition) is 7. The first-order valence-corrected chi connectivity index (χ1v) is 14.3. The number of rotatable bonds is 10. The van der Waals surface area contributed by atoms with E-state index in [2.05, 4.69) is 10.6 Å². The Kier molecular flexibility index (Phi) is 10.7. The molecular weight excluding hydrogens is 540 g/mol. The third-order valence-corrected chi connectivity index (χ3v) is 7.78. The van der Waals surface area contributed by atoms with Gasteiger partial charge in [0.1, 0.15) is 17.9 Å². The average molecular weight is 579 g/mol. The van der Waals surface area contributed by atoms with E-state index in [-0.39, 0.29) is 44.6 Å². The van der Waals surface area contributed by atoms with Crippen molar-refractivity contribution in [2.75, 3.05) is 26.7 Å². The summed E-state index contributed by atoms with van der Waals surface area (Å²) in [6.45, 7) is 0.896. The van der Waals surface area contributed by atoms with Crippen LogP contribution in [0.5, 0.6) is 0 Å². The Hall–Kier alpha value is -4.25. The molecule has 4 atom stereocenters. The smallest absolute Gasteiger partial charge is 0.336 e. The van der Waals surface area contributed by atoms with Crippen LogP contribution in [0.1, 0.15) is 36.8 Å². The van der Waals surface area contributed by atoms with E-state index < -0.39 is 48.0 Å². The molecule has 0 aromatic heterocycles. The van der Waals surface area contributed by atoms with Crippen molar-refractivity contribution in [1.82, 2.24) is 20.4 Å². The maximum atomic E-state index is 13.9. The van der Waals surface area contributed by atoms with Crippen molar-refractivity contribution in [1.29, 1.82) is 0 Å². The fourth-order valence-corrected chi connectivity index (χ4v) is 5.43. The van der Waals surface area contributed by atoms with Crippen LogP contribution in [0.2, 0.25) is 0 Å². The molecule has 0 aliphatic carbocycles. The Morgan fingerprint density at radius 3 is 2.10 bits per heavy atom. The van der Waals surface area contributed by atoms with Gasteiger partial charge in [-0.3, -0.25) is 14.4 Å². The van der Waals surface area contributed by atoms with Crippen LogP contribution < -0.4 is 10.6 Å².